The molecule has 11 heteroatoms. The van der Waals surface area contributed by atoms with Gasteiger partial charge < -0.3 is 24.3 Å². The van der Waals surface area contributed by atoms with Gasteiger partial charge in [0, 0.05) is 57.4 Å². The Hall–Kier alpha value is -1.66. The second-order valence-corrected chi connectivity index (χ2v) is 21.9. The predicted molar refractivity (Wildman–Crippen MR) is 198 cm³/mol. The number of piperidine rings is 1. The molecule has 0 spiro atoms. The van der Waals surface area contributed by atoms with Crippen LogP contribution >= 0.6 is 0 Å². The van der Waals surface area contributed by atoms with E-state index < -0.39 is 13.9 Å². The minimum absolute atomic E-state index is 0. The van der Waals surface area contributed by atoms with Gasteiger partial charge in [-0.15, -0.1) is 0 Å². The number of nitrogens with zero attached hydrogens (tertiary/aromatic N) is 5. The summed E-state index contributed by atoms with van der Waals surface area (Å²) in [5.74, 6) is 2.43. The molecule has 0 radical (unpaired) electrons. The fourth-order valence-corrected chi connectivity index (χ4v) is 9.25. The molecule has 1 aliphatic carbocycles. The van der Waals surface area contributed by atoms with Crippen molar-refractivity contribution >= 4 is 20.2 Å². The number of aryl methyl sites for hydroxylation is 2. The quantitative estimate of drug-likeness (QED) is 0.203. The monoisotopic (exact) mass is 678 g/mol. The van der Waals surface area contributed by atoms with Gasteiger partial charge in [-0.2, -0.15) is 9.97 Å². The summed E-state index contributed by atoms with van der Waals surface area (Å²) in [6, 6.07) is 1.62. The van der Waals surface area contributed by atoms with Crippen molar-refractivity contribution in [3.05, 3.63) is 11.6 Å². The maximum Gasteiger partial charge on any atom is 0.242 e. The highest BCUT2D eigenvalue weighted by Crippen LogP contribution is 2.31. The molecule has 3 heterocycles. The molecule has 3 fully saturated rings. The lowest BCUT2D eigenvalue weighted by Gasteiger charge is -2.48. The summed E-state index contributed by atoms with van der Waals surface area (Å²) in [6.45, 7) is 28.7. The highest BCUT2D eigenvalue weighted by molar-refractivity contribution is 6.71. The van der Waals surface area contributed by atoms with Crippen molar-refractivity contribution in [1.82, 2.24) is 30.5 Å². The van der Waals surface area contributed by atoms with Crippen LogP contribution in [0.3, 0.4) is 0 Å². The van der Waals surface area contributed by atoms with Crippen LogP contribution in [0.1, 0.15) is 120 Å². The molecule has 47 heavy (non-hydrogen) atoms. The lowest BCUT2D eigenvalue weighted by Crippen LogP contribution is -2.70. The third-order valence-electron chi connectivity index (χ3n) is 9.77. The number of ether oxygens (including phenoxy) is 1. The van der Waals surface area contributed by atoms with E-state index in [1.165, 1.54) is 25.3 Å². The first-order chi connectivity index (χ1) is 21.6. The lowest BCUT2D eigenvalue weighted by molar-refractivity contribution is -0.143. The third kappa shape index (κ3) is 12.6. The molecule has 3 aliphatic rings. The fraction of sp³-hybridized carbons (Fsp3) is 0.889. The van der Waals surface area contributed by atoms with E-state index in [4.69, 9.17) is 9.16 Å². The number of piperazine rings is 1. The molecule has 2 aliphatic heterocycles. The van der Waals surface area contributed by atoms with E-state index in [0.29, 0.717) is 25.2 Å². The molecule has 1 saturated carbocycles. The zero-order valence-corrected chi connectivity index (χ0v) is 33.3. The summed E-state index contributed by atoms with van der Waals surface area (Å²) in [6.07, 6.45) is 9.83. The Morgan fingerprint density at radius 2 is 1.47 bits per heavy atom. The van der Waals surface area contributed by atoms with Crippen LogP contribution in [0.25, 0.3) is 0 Å². The Balaban J connectivity index is 0.000000352. The molecule has 10 nitrogen and oxygen atoms in total. The molecule has 272 valence electrons. The van der Waals surface area contributed by atoms with Crippen LogP contribution in [-0.4, -0.2) is 102 Å². The number of carbonyl (C=O) groups excluding carboxylic acids is 1. The number of hydrogen-bond acceptors (Lipinski definition) is 9. The number of rotatable bonds is 11. The summed E-state index contributed by atoms with van der Waals surface area (Å²) in [7, 11) is 0.425. The smallest absolute Gasteiger partial charge is 0.242 e. The average Bonchev–Trinajstić information content (AvgIpc) is 2.92. The Bertz CT molecular complexity index is 1140. The summed E-state index contributed by atoms with van der Waals surface area (Å²) >= 11 is 0. The number of carbonyl (C=O) groups is 1. The van der Waals surface area contributed by atoms with E-state index in [0.717, 1.165) is 62.9 Å². The standard InChI is InChI=1S/C21H36N6O.C15H33NO2Si.H2/c1-15-22-16(2)24-19(23-15)27(17-10-8-7-9-11-17)13-12-26-14-20(3,4)25-21(5,6)18(26)28;1-14(2)11-13(12-15(3,4)16-14)18-9-8-10-19(6,7)17-5;/h17,25H,7-14H2,1-6H3;13,16H,8-12H2,1-7H3;1H. The van der Waals surface area contributed by atoms with Crippen molar-refractivity contribution in [2.24, 2.45) is 0 Å². The maximum absolute atomic E-state index is 13.0. The van der Waals surface area contributed by atoms with Crippen LogP contribution in [-0.2, 0) is 14.0 Å². The molecule has 1 aromatic rings. The SMILES string of the molecule is CO[Si](C)(C)CCCOC1CC(C)(C)NC(C)(C)C1.Cc1nc(C)nc(N(CCN2CC(C)(C)NC(C)(C)C2=O)C2CCCCC2)n1.[HH]. The van der Waals surface area contributed by atoms with Crippen molar-refractivity contribution < 1.29 is 15.4 Å². The minimum Gasteiger partial charge on any atom is -0.420 e. The van der Waals surface area contributed by atoms with Crippen molar-refractivity contribution in [3.8, 4) is 0 Å². The second-order valence-electron chi connectivity index (χ2n) is 17.4. The number of hydrogen-bond donors (Lipinski definition) is 2. The summed E-state index contributed by atoms with van der Waals surface area (Å²) in [4.78, 5) is 30.9. The first-order valence-corrected chi connectivity index (χ1v) is 21.2. The number of aromatic nitrogens is 3. The van der Waals surface area contributed by atoms with Gasteiger partial charge in [0.05, 0.1) is 11.6 Å². The number of anilines is 1. The second kappa shape index (κ2) is 15.9. The Morgan fingerprint density at radius 3 is 2.02 bits per heavy atom. The molecule has 0 aromatic carbocycles. The van der Waals surface area contributed by atoms with Gasteiger partial charge in [-0.05, 0) is 120 Å². The predicted octanol–water partition coefficient (Wildman–Crippen LogP) is 6.42. The van der Waals surface area contributed by atoms with Crippen LogP contribution in [0.4, 0.5) is 5.95 Å². The fourth-order valence-electron chi connectivity index (χ4n) is 8.05. The van der Waals surface area contributed by atoms with Crippen LogP contribution in [0.5, 0.6) is 0 Å². The van der Waals surface area contributed by atoms with Gasteiger partial charge in [0.2, 0.25) is 11.9 Å². The van der Waals surface area contributed by atoms with Crippen molar-refractivity contribution in [1.29, 1.82) is 0 Å². The van der Waals surface area contributed by atoms with Gasteiger partial charge in [0.1, 0.15) is 11.6 Å². The van der Waals surface area contributed by atoms with Gasteiger partial charge in [-0.1, -0.05) is 19.3 Å². The molecule has 0 bridgehead atoms. The summed E-state index contributed by atoms with van der Waals surface area (Å²) in [5.41, 5.74) is -0.300. The third-order valence-corrected chi connectivity index (χ3v) is 12.4. The molecular formula is C36H71N7O3Si. The maximum atomic E-state index is 13.0. The first kappa shape index (κ1) is 39.8. The van der Waals surface area contributed by atoms with Gasteiger partial charge in [-0.3, -0.25) is 10.1 Å². The molecule has 4 rings (SSSR count). The minimum atomic E-state index is -1.41. The van der Waals surface area contributed by atoms with E-state index in [1.807, 2.05) is 39.7 Å². The normalized spacial score (nSPS) is 22.8. The summed E-state index contributed by atoms with van der Waals surface area (Å²) < 4.78 is 11.7. The molecule has 0 atom stereocenters. The van der Waals surface area contributed by atoms with E-state index in [9.17, 15) is 4.79 Å². The van der Waals surface area contributed by atoms with E-state index in [-0.39, 0.29) is 24.0 Å². The molecular weight excluding hydrogens is 607 g/mol. The van der Waals surface area contributed by atoms with Gasteiger partial charge in [0.25, 0.3) is 0 Å². The topological polar surface area (TPSA) is 105 Å². The average molecular weight is 678 g/mol. The molecule has 1 amide bonds. The number of nitrogens with one attached hydrogen (secondary N) is 2. The van der Waals surface area contributed by atoms with Crippen LogP contribution in [0.2, 0.25) is 19.1 Å². The van der Waals surface area contributed by atoms with Crippen molar-refractivity contribution in [2.45, 2.75) is 174 Å². The van der Waals surface area contributed by atoms with Crippen LogP contribution < -0.4 is 15.5 Å². The molecule has 2 N–H and O–H groups in total. The first-order valence-electron chi connectivity index (χ1n) is 18.1. The van der Waals surface area contributed by atoms with Crippen LogP contribution in [0, 0.1) is 13.8 Å². The van der Waals surface area contributed by atoms with Gasteiger partial charge in [0.15, 0.2) is 8.32 Å². The largest absolute Gasteiger partial charge is 0.420 e. The van der Waals surface area contributed by atoms with E-state index in [2.05, 4.69) is 85.1 Å². The molecule has 2 saturated heterocycles. The van der Waals surface area contributed by atoms with E-state index in [1.54, 1.807) is 0 Å². The highest BCUT2D eigenvalue weighted by Gasteiger charge is 2.43. The zero-order chi connectivity index (χ0) is 35.3. The van der Waals surface area contributed by atoms with Gasteiger partial charge >= 0.3 is 0 Å². The Labute approximate surface area is 289 Å². The number of amides is 1. The van der Waals surface area contributed by atoms with Gasteiger partial charge in [-0.25, -0.2) is 4.98 Å². The Morgan fingerprint density at radius 1 is 0.894 bits per heavy atom. The zero-order valence-electron chi connectivity index (χ0n) is 32.3. The van der Waals surface area contributed by atoms with E-state index >= 15 is 0 Å². The molecule has 0 unspecified atom stereocenters. The summed E-state index contributed by atoms with van der Waals surface area (Å²) in [5, 5.41) is 7.16. The highest BCUT2D eigenvalue weighted by atomic mass is 28.4. The lowest BCUT2D eigenvalue weighted by atomic mass is 9.81. The molecule has 1 aromatic heterocycles. The van der Waals surface area contributed by atoms with Crippen molar-refractivity contribution in [3.63, 3.8) is 0 Å². The van der Waals surface area contributed by atoms with Crippen molar-refractivity contribution in [2.75, 3.05) is 38.3 Å². The Kier molecular flexibility index (Phi) is 13.5. The van der Waals surface area contributed by atoms with Crippen LogP contribution in [0.15, 0.2) is 0 Å².